The molecule has 0 radical (unpaired) electrons. The van der Waals surface area contributed by atoms with Crippen molar-refractivity contribution in [2.45, 2.75) is 46.0 Å². The molecule has 0 fully saturated rings. The number of aliphatic imine (C=N–C) groups is 1. The second-order valence-electron chi connectivity index (χ2n) is 6.32. The molecule has 1 aromatic rings. The monoisotopic (exact) mass is 495 g/mol. The number of halogens is 2. The number of nitrogens with zero attached hydrogens (tertiary/aromatic N) is 1. The van der Waals surface area contributed by atoms with Crippen LogP contribution in [0.15, 0.2) is 29.3 Å². The Hall–Kier alpha value is -1.09. The number of aliphatic hydroxyl groups is 1. The van der Waals surface area contributed by atoms with E-state index in [9.17, 15) is 4.39 Å². The molecule has 1 unspecified atom stereocenters. The van der Waals surface area contributed by atoms with Crippen LogP contribution >= 0.6 is 24.0 Å². The van der Waals surface area contributed by atoms with E-state index in [1.165, 1.54) is 12.1 Å². The van der Waals surface area contributed by atoms with Crippen molar-refractivity contribution in [2.24, 2.45) is 10.9 Å². The fourth-order valence-corrected chi connectivity index (χ4v) is 2.63. The van der Waals surface area contributed by atoms with Crippen LogP contribution in [0.2, 0.25) is 0 Å². The Balaban J connectivity index is 0.00000676. The van der Waals surface area contributed by atoms with Crippen LogP contribution in [0, 0.1) is 11.7 Å². The van der Waals surface area contributed by atoms with Crippen LogP contribution in [0.3, 0.4) is 0 Å². The maximum absolute atomic E-state index is 12.8. The fourth-order valence-electron chi connectivity index (χ4n) is 2.63. The van der Waals surface area contributed by atoms with Crippen LogP contribution in [0.1, 0.15) is 46.0 Å². The third kappa shape index (κ3) is 12.8. The first kappa shape index (κ1) is 25.9. The van der Waals surface area contributed by atoms with Gasteiger partial charge in [-0.15, -0.1) is 24.0 Å². The third-order valence-corrected chi connectivity index (χ3v) is 4.03. The molecule has 27 heavy (non-hydrogen) atoms. The second-order valence-corrected chi connectivity index (χ2v) is 6.32. The van der Waals surface area contributed by atoms with Crippen molar-refractivity contribution >= 4 is 29.9 Å². The molecule has 5 nitrogen and oxygen atoms in total. The van der Waals surface area contributed by atoms with Gasteiger partial charge < -0.3 is 20.5 Å². The van der Waals surface area contributed by atoms with E-state index in [4.69, 9.17) is 9.84 Å². The van der Waals surface area contributed by atoms with Crippen molar-refractivity contribution in [3.8, 4) is 5.75 Å². The SMILES string of the molecule is CCCC(CCO)CN=C(NCC)NCCCCOc1ccc(F)cc1.I. The summed E-state index contributed by atoms with van der Waals surface area (Å²) in [5, 5.41) is 15.7. The molecule has 1 aromatic carbocycles. The molecular formula is C20H35FIN3O2. The van der Waals surface area contributed by atoms with Gasteiger partial charge in [-0.25, -0.2) is 4.39 Å². The zero-order valence-corrected chi connectivity index (χ0v) is 18.9. The Kier molecular flexibility index (Phi) is 16.4. The zero-order chi connectivity index (χ0) is 19.0. The standard InChI is InChI=1S/C20H34FN3O2.HI/c1-3-7-17(12-14-25)16-24-20(22-4-2)23-13-5-6-15-26-19-10-8-18(21)9-11-19;/h8-11,17,25H,3-7,12-16H2,1-2H3,(H2,22,23,24);1H. The van der Waals surface area contributed by atoms with Crippen LogP contribution < -0.4 is 15.4 Å². The topological polar surface area (TPSA) is 65.9 Å². The van der Waals surface area contributed by atoms with Gasteiger partial charge in [-0.3, -0.25) is 4.99 Å². The minimum absolute atomic E-state index is 0. The third-order valence-electron chi connectivity index (χ3n) is 4.03. The summed E-state index contributed by atoms with van der Waals surface area (Å²) in [6.07, 6.45) is 4.87. The first-order valence-electron chi connectivity index (χ1n) is 9.71. The molecule has 0 amide bonds. The van der Waals surface area contributed by atoms with Crippen molar-refractivity contribution < 1.29 is 14.2 Å². The molecule has 0 aromatic heterocycles. The minimum atomic E-state index is -0.253. The van der Waals surface area contributed by atoms with E-state index in [2.05, 4.69) is 22.5 Å². The van der Waals surface area contributed by atoms with Crippen LogP contribution in [0.25, 0.3) is 0 Å². The Morgan fingerprint density at radius 2 is 1.89 bits per heavy atom. The van der Waals surface area contributed by atoms with E-state index in [1.54, 1.807) is 12.1 Å². The lowest BCUT2D eigenvalue weighted by molar-refractivity contribution is 0.253. The van der Waals surface area contributed by atoms with Crippen molar-refractivity contribution in [3.63, 3.8) is 0 Å². The van der Waals surface area contributed by atoms with Gasteiger partial charge >= 0.3 is 0 Å². The molecule has 156 valence electrons. The number of guanidine groups is 1. The number of aliphatic hydroxyl groups excluding tert-OH is 1. The number of unbranched alkanes of at least 4 members (excludes halogenated alkanes) is 1. The summed E-state index contributed by atoms with van der Waals surface area (Å²) in [6.45, 7) is 7.40. The van der Waals surface area contributed by atoms with Crippen molar-refractivity contribution in [2.75, 3.05) is 32.8 Å². The molecule has 0 saturated heterocycles. The summed E-state index contributed by atoms with van der Waals surface area (Å²) in [5.74, 6) is 1.70. The average Bonchev–Trinajstić information content (AvgIpc) is 2.64. The van der Waals surface area contributed by atoms with Gasteiger partial charge in [0.25, 0.3) is 0 Å². The molecule has 1 atom stereocenters. The largest absolute Gasteiger partial charge is 0.494 e. The van der Waals surface area contributed by atoms with Gasteiger partial charge in [0.1, 0.15) is 11.6 Å². The lowest BCUT2D eigenvalue weighted by Crippen LogP contribution is -2.38. The van der Waals surface area contributed by atoms with Crippen molar-refractivity contribution in [1.82, 2.24) is 10.6 Å². The molecule has 0 aliphatic heterocycles. The van der Waals surface area contributed by atoms with E-state index in [1.807, 2.05) is 6.92 Å². The molecule has 3 N–H and O–H groups in total. The number of nitrogens with one attached hydrogen (secondary N) is 2. The van der Waals surface area contributed by atoms with Gasteiger partial charge in [0.05, 0.1) is 6.61 Å². The van der Waals surface area contributed by atoms with E-state index in [0.717, 1.165) is 57.7 Å². The Bertz CT molecular complexity index is 495. The highest BCUT2D eigenvalue weighted by Gasteiger charge is 2.07. The number of hydrogen-bond acceptors (Lipinski definition) is 3. The molecule has 0 aliphatic carbocycles. The summed E-state index contributed by atoms with van der Waals surface area (Å²) in [6, 6.07) is 6.09. The Labute approximate surface area is 180 Å². The quantitative estimate of drug-likeness (QED) is 0.168. The van der Waals surface area contributed by atoms with Crippen LogP contribution in [0.5, 0.6) is 5.75 Å². The van der Waals surface area contributed by atoms with Gasteiger partial charge in [0.2, 0.25) is 0 Å². The molecule has 0 aliphatic rings. The maximum atomic E-state index is 12.8. The van der Waals surface area contributed by atoms with Crippen molar-refractivity contribution in [1.29, 1.82) is 0 Å². The van der Waals surface area contributed by atoms with E-state index < -0.39 is 0 Å². The van der Waals surface area contributed by atoms with E-state index >= 15 is 0 Å². The summed E-state index contributed by atoms with van der Waals surface area (Å²) < 4.78 is 18.4. The number of ether oxygens (including phenoxy) is 1. The maximum Gasteiger partial charge on any atom is 0.191 e. The zero-order valence-electron chi connectivity index (χ0n) is 16.5. The lowest BCUT2D eigenvalue weighted by Gasteiger charge is -2.15. The highest BCUT2D eigenvalue weighted by atomic mass is 127. The van der Waals surface area contributed by atoms with E-state index in [0.29, 0.717) is 18.3 Å². The molecular weight excluding hydrogens is 460 g/mol. The number of rotatable bonds is 13. The second kappa shape index (κ2) is 17.0. The van der Waals surface area contributed by atoms with Crippen LogP contribution in [-0.4, -0.2) is 43.9 Å². The molecule has 1 rings (SSSR count). The predicted octanol–water partition coefficient (Wildman–Crippen LogP) is 3.96. The van der Waals surface area contributed by atoms with E-state index in [-0.39, 0.29) is 36.4 Å². The van der Waals surface area contributed by atoms with Gasteiger partial charge in [0.15, 0.2) is 5.96 Å². The molecule has 0 bridgehead atoms. The average molecular weight is 495 g/mol. The highest BCUT2D eigenvalue weighted by Crippen LogP contribution is 2.12. The Morgan fingerprint density at radius 3 is 2.52 bits per heavy atom. The summed E-state index contributed by atoms with van der Waals surface area (Å²) in [7, 11) is 0. The normalized spacial score (nSPS) is 12.2. The van der Waals surface area contributed by atoms with Crippen LogP contribution in [-0.2, 0) is 0 Å². The highest BCUT2D eigenvalue weighted by molar-refractivity contribution is 14.0. The van der Waals surface area contributed by atoms with Gasteiger partial charge in [-0.05, 0) is 62.8 Å². The predicted molar refractivity (Wildman–Crippen MR) is 121 cm³/mol. The van der Waals surface area contributed by atoms with Gasteiger partial charge in [-0.1, -0.05) is 13.3 Å². The summed E-state index contributed by atoms with van der Waals surface area (Å²) >= 11 is 0. The smallest absolute Gasteiger partial charge is 0.191 e. The Morgan fingerprint density at radius 1 is 1.15 bits per heavy atom. The van der Waals surface area contributed by atoms with Gasteiger partial charge in [-0.2, -0.15) is 0 Å². The lowest BCUT2D eigenvalue weighted by atomic mass is 10.0. The van der Waals surface area contributed by atoms with Crippen LogP contribution in [0.4, 0.5) is 4.39 Å². The number of benzene rings is 1. The fraction of sp³-hybridized carbons (Fsp3) is 0.650. The summed E-state index contributed by atoms with van der Waals surface area (Å²) in [4.78, 5) is 4.64. The molecule has 0 heterocycles. The molecule has 7 heteroatoms. The number of hydrogen-bond donors (Lipinski definition) is 3. The molecule has 0 spiro atoms. The van der Waals surface area contributed by atoms with Gasteiger partial charge in [0, 0.05) is 26.2 Å². The minimum Gasteiger partial charge on any atom is -0.494 e. The first-order chi connectivity index (χ1) is 12.7. The first-order valence-corrected chi connectivity index (χ1v) is 9.71. The van der Waals surface area contributed by atoms with Crippen molar-refractivity contribution in [3.05, 3.63) is 30.1 Å². The summed E-state index contributed by atoms with van der Waals surface area (Å²) in [5.41, 5.74) is 0. The molecule has 0 saturated carbocycles.